The number of furan rings is 1. The van der Waals surface area contributed by atoms with Gasteiger partial charge in [0, 0.05) is 18.8 Å². The Kier molecular flexibility index (Phi) is 2.66. The predicted molar refractivity (Wildman–Crippen MR) is 47.2 cm³/mol. The molecule has 1 unspecified atom stereocenters. The van der Waals surface area contributed by atoms with E-state index in [9.17, 15) is 5.11 Å². The molecule has 2 heterocycles. The van der Waals surface area contributed by atoms with Crippen LogP contribution in [-0.2, 0) is 4.74 Å². The number of hydrogen-bond donors (Lipinski definition) is 1. The van der Waals surface area contributed by atoms with Gasteiger partial charge in [0.1, 0.15) is 0 Å². The molecular formula is C10H14O3. The first kappa shape index (κ1) is 8.78. The van der Waals surface area contributed by atoms with Crippen LogP contribution < -0.4 is 0 Å². The van der Waals surface area contributed by atoms with Crippen molar-refractivity contribution in [3.05, 3.63) is 24.2 Å². The minimum absolute atomic E-state index is 0.325. The molecule has 1 aliphatic heterocycles. The maximum atomic E-state index is 9.92. The standard InChI is InChI=1S/C10H14O3/c11-10(9-3-6-13-7-9)8-1-4-12-5-2-8/h3,6-8,10-11H,1-2,4-5H2. The Balaban J connectivity index is 1.99. The van der Waals surface area contributed by atoms with Gasteiger partial charge in [-0.15, -0.1) is 0 Å². The lowest BCUT2D eigenvalue weighted by molar-refractivity contribution is 0.00698. The summed E-state index contributed by atoms with van der Waals surface area (Å²) in [6, 6.07) is 1.82. The van der Waals surface area contributed by atoms with E-state index in [-0.39, 0.29) is 6.10 Å². The first-order valence-electron chi connectivity index (χ1n) is 4.66. The van der Waals surface area contributed by atoms with E-state index >= 15 is 0 Å². The Morgan fingerprint density at radius 2 is 2.15 bits per heavy atom. The Morgan fingerprint density at radius 3 is 2.77 bits per heavy atom. The van der Waals surface area contributed by atoms with Gasteiger partial charge in [0.2, 0.25) is 0 Å². The summed E-state index contributed by atoms with van der Waals surface area (Å²) in [6.45, 7) is 1.53. The molecule has 1 aromatic rings. The SMILES string of the molecule is OC(c1ccoc1)C1CCOCC1. The predicted octanol–water partition coefficient (Wildman–Crippen LogP) is 1.74. The van der Waals surface area contributed by atoms with Gasteiger partial charge in [0.05, 0.1) is 18.6 Å². The Hall–Kier alpha value is -0.800. The highest BCUT2D eigenvalue weighted by atomic mass is 16.5. The summed E-state index contributed by atoms with van der Waals surface area (Å²) in [7, 11) is 0. The molecule has 1 fully saturated rings. The van der Waals surface area contributed by atoms with Gasteiger partial charge < -0.3 is 14.3 Å². The van der Waals surface area contributed by atoms with E-state index in [0.29, 0.717) is 5.92 Å². The zero-order valence-corrected chi connectivity index (χ0v) is 7.48. The zero-order valence-electron chi connectivity index (χ0n) is 7.48. The van der Waals surface area contributed by atoms with Gasteiger partial charge in [-0.1, -0.05) is 0 Å². The van der Waals surface area contributed by atoms with E-state index in [1.807, 2.05) is 6.07 Å². The van der Waals surface area contributed by atoms with Crippen molar-refractivity contribution in [1.29, 1.82) is 0 Å². The quantitative estimate of drug-likeness (QED) is 0.757. The lowest BCUT2D eigenvalue weighted by atomic mass is 9.91. The number of rotatable bonds is 2. The highest BCUT2D eigenvalue weighted by Crippen LogP contribution is 2.29. The molecular weight excluding hydrogens is 168 g/mol. The maximum Gasteiger partial charge on any atom is 0.0960 e. The zero-order chi connectivity index (χ0) is 9.10. The second-order valence-electron chi connectivity index (χ2n) is 3.45. The molecule has 2 rings (SSSR count). The summed E-state index contributed by atoms with van der Waals surface area (Å²) in [5.74, 6) is 0.325. The van der Waals surface area contributed by atoms with E-state index in [1.54, 1.807) is 12.5 Å². The molecule has 3 heteroatoms. The van der Waals surface area contributed by atoms with Crippen molar-refractivity contribution in [2.75, 3.05) is 13.2 Å². The number of hydrogen-bond acceptors (Lipinski definition) is 3. The molecule has 72 valence electrons. The molecule has 1 aromatic heterocycles. The summed E-state index contributed by atoms with van der Waals surface area (Å²) in [5.41, 5.74) is 0.881. The molecule has 1 atom stereocenters. The lowest BCUT2D eigenvalue weighted by Crippen LogP contribution is -2.21. The van der Waals surface area contributed by atoms with Crippen LogP contribution in [0.25, 0.3) is 0 Å². The normalized spacial score (nSPS) is 21.6. The van der Waals surface area contributed by atoms with Gasteiger partial charge in [-0.3, -0.25) is 0 Å². The van der Waals surface area contributed by atoms with Gasteiger partial charge in [0.15, 0.2) is 0 Å². The average Bonchev–Trinajstić information content (AvgIpc) is 2.71. The van der Waals surface area contributed by atoms with Crippen LogP contribution in [0.5, 0.6) is 0 Å². The molecule has 0 saturated carbocycles. The van der Waals surface area contributed by atoms with Crippen LogP contribution in [0.1, 0.15) is 24.5 Å². The molecule has 13 heavy (non-hydrogen) atoms. The van der Waals surface area contributed by atoms with Crippen molar-refractivity contribution in [2.24, 2.45) is 5.92 Å². The summed E-state index contributed by atoms with van der Waals surface area (Å²) >= 11 is 0. The smallest absolute Gasteiger partial charge is 0.0960 e. The average molecular weight is 182 g/mol. The van der Waals surface area contributed by atoms with E-state index in [0.717, 1.165) is 31.6 Å². The van der Waals surface area contributed by atoms with Crippen LogP contribution in [0.15, 0.2) is 23.0 Å². The number of aliphatic hydroxyl groups is 1. The Morgan fingerprint density at radius 1 is 1.38 bits per heavy atom. The molecule has 0 amide bonds. The summed E-state index contributed by atoms with van der Waals surface area (Å²) in [4.78, 5) is 0. The van der Waals surface area contributed by atoms with E-state index in [2.05, 4.69) is 0 Å². The van der Waals surface area contributed by atoms with Crippen molar-refractivity contribution in [2.45, 2.75) is 18.9 Å². The monoisotopic (exact) mass is 182 g/mol. The maximum absolute atomic E-state index is 9.92. The highest BCUT2D eigenvalue weighted by Gasteiger charge is 2.23. The van der Waals surface area contributed by atoms with Gasteiger partial charge >= 0.3 is 0 Å². The van der Waals surface area contributed by atoms with Crippen LogP contribution in [0.2, 0.25) is 0 Å². The fraction of sp³-hybridized carbons (Fsp3) is 0.600. The molecule has 0 radical (unpaired) electrons. The Bertz CT molecular complexity index is 237. The largest absolute Gasteiger partial charge is 0.472 e. The highest BCUT2D eigenvalue weighted by molar-refractivity contribution is 5.10. The Labute approximate surface area is 77.3 Å². The van der Waals surface area contributed by atoms with Crippen LogP contribution in [0, 0.1) is 5.92 Å². The second-order valence-corrected chi connectivity index (χ2v) is 3.45. The minimum atomic E-state index is -0.386. The molecule has 0 aromatic carbocycles. The van der Waals surface area contributed by atoms with E-state index < -0.39 is 0 Å². The van der Waals surface area contributed by atoms with Crippen LogP contribution in [0.4, 0.5) is 0 Å². The lowest BCUT2D eigenvalue weighted by Gasteiger charge is -2.25. The minimum Gasteiger partial charge on any atom is -0.472 e. The van der Waals surface area contributed by atoms with E-state index in [1.165, 1.54) is 0 Å². The van der Waals surface area contributed by atoms with Crippen molar-refractivity contribution in [3.8, 4) is 0 Å². The van der Waals surface area contributed by atoms with Crippen molar-refractivity contribution >= 4 is 0 Å². The van der Waals surface area contributed by atoms with Crippen molar-refractivity contribution in [1.82, 2.24) is 0 Å². The molecule has 1 aliphatic rings. The third kappa shape index (κ3) is 1.92. The third-order valence-corrected chi connectivity index (χ3v) is 2.60. The fourth-order valence-corrected chi connectivity index (χ4v) is 1.75. The first-order chi connectivity index (χ1) is 6.38. The van der Waals surface area contributed by atoms with Gasteiger partial charge in [-0.25, -0.2) is 0 Å². The first-order valence-corrected chi connectivity index (χ1v) is 4.66. The third-order valence-electron chi connectivity index (χ3n) is 2.60. The van der Waals surface area contributed by atoms with Gasteiger partial charge in [-0.2, -0.15) is 0 Å². The molecule has 0 aliphatic carbocycles. The molecule has 1 N–H and O–H groups in total. The topological polar surface area (TPSA) is 42.6 Å². The molecule has 0 spiro atoms. The second kappa shape index (κ2) is 3.94. The van der Waals surface area contributed by atoms with Crippen LogP contribution in [0.3, 0.4) is 0 Å². The molecule has 3 nitrogen and oxygen atoms in total. The molecule has 1 saturated heterocycles. The number of aliphatic hydroxyl groups excluding tert-OH is 1. The van der Waals surface area contributed by atoms with Crippen molar-refractivity contribution < 1.29 is 14.3 Å². The summed E-state index contributed by atoms with van der Waals surface area (Å²) in [6.07, 6.45) is 4.69. The summed E-state index contributed by atoms with van der Waals surface area (Å²) < 4.78 is 10.2. The summed E-state index contributed by atoms with van der Waals surface area (Å²) in [5, 5.41) is 9.92. The fourth-order valence-electron chi connectivity index (χ4n) is 1.75. The van der Waals surface area contributed by atoms with Gasteiger partial charge in [-0.05, 0) is 24.8 Å². The van der Waals surface area contributed by atoms with Crippen molar-refractivity contribution in [3.63, 3.8) is 0 Å². The number of ether oxygens (including phenoxy) is 1. The van der Waals surface area contributed by atoms with Crippen LogP contribution in [-0.4, -0.2) is 18.3 Å². The van der Waals surface area contributed by atoms with Crippen LogP contribution >= 0.6 is 0 Å². The van der Waals surface area contributed by atoms with Gasteiger partial charge in [0.25, 0.3) is 0 Å². The molecule has 0 bridgehead atoms. The van der Waals surface area contributed by atoms with E-state index in [4.69, 9.17) is 9.15 Å².